The van der Waals surface area contributed by atoms with Crippen LogP contribution >= 0.6 is 11.3 Å². The second-order valence-electron chi connectivity index (χ2n) is 14.7. The molecule has 2 heterocycles. The van der Waals surface area contributed by atoms with Gasteiger partial charge in [0.15, 0.2) is 0 Å². The van der Waals surface area contributed by atoms with Gasteiger partial charge in [0.2, 0.25) is 0 Å². The first-order chi connectivity index (χ1) is 27.3. The average molecular weight is 929 g/mol. The summed E-state index contributed by atoms with van der Waals surface area (Å²) < 4.78 is 1.17. The van der Waals surface area contributed by atoms with Gasteiger partial charge in [-0.05, 0) is 77.4 Å². The van der Waals surface area contributed by atoms with Crippen molar-refractivity contribution in [3.05, 3.63) is 186 Å². The van der Waals surface area contributed by atoms with Crippen LogP contribution in [0.4, 0.5) is 0 Å². The Kier molecular flexibility index (Phi) is 10.2. The van der Waals surface area contributed by atoms with Crippen molar-refractivity contribution in [2.75, 3.05) is 0 Å². The van der Waals surface area contributed by atoms with Crippen molar-refractivity contribution in [3.8, 4) is 61.5 Å². The molecule has 7 aromatic carbocycles. The van der Waals surface area contributed by atoms with Gasteiger partial charge >= 0.3 is 0 Å². The SMILES string of the molecule is Cc1cccc(C)c1-c1nc(-c2[c-]cc3c(c2)-c2ccccc2C3(C)C)nc2ccccc12.N#Cc1cccc(-c2cc[c-]c(-c3nc4ccccc4s3)c2)c1.[Ir]. The third kappa shape index (κ3) is 7.00. The third-order valence-corrected chi connectivity index (χ3v) is 11.8. The second kappa shape index (κ2) is 15.4. The van der Waals surface area contributed by atoms with Crippen LogP contribution in [0.3, 0.4) is 0 Å². The molecule has 0 bridgehead atoms. The number of aromatic nitrogens is 3. The first kappa shape index (κ1) is 37.8. The van der Waals surface area contributed by atoms with Crippen molar-refractivity contribution < 1.29 is 20.1 Å². The van der Waals surface area contributed by atoms with Gasteiger partial charge in [0.25, 0.3) is 0 Å². The van der Waals surface area contributed by atoms with Crippen molar-refractivity contribution in [2.24, 2.45) is 0 Å². The van der Waals surface area contributed by atoms with Gasteiger partial charge in [-0.2, -0.15) is 16.6 Å². The number of nitriles is 1. The monoisotopic (exact) mass is 929 g/mol. The zero-order valence-corrected chi connectivity index (χ0v) is 35.1. The largest absolute Gasteiger partial charge is 0.285 e. The molecule has 0 spiro atoms. The summed E-state index contributed by atoms with van der Waals surface area (Å²) in [7, 11) is 0. The smallest absolute Gasteiger partial charge is 0.0991 e. The molecule has 0 N–H and O–H groups in total. The van der Waals surface area contributed by atoms with Crippen molar-refractivity contribution in [3.63, 3.8) is 0 Å². The molecular formula is C51H36IrN4S-2. The topological polar surface area (TPSA) is 62.5 Å². The van der Waals surface area contributed by atoms with E-state index in [1.165, 1.54) is 43.6 Å². The van der Waals surface area contributed by atoms with E-state index in [1.807, 2.05) is 60.7 Å². The summed E-state index contributed by atoms with van der Waals surface area (Å²) >= 11 is 1.67. The van der Waals surface area contributed by atoms with E-state index in [4.69, 9.17) is 15.2 Å². The summed E-state index contributed by atoms with van der Waals surface area (Å²) in [4.78, 5) is 14.8. The van der Waals surface area contributed by atoms with Crippen LogP contribution in [0.5, 0.6) is 0 Å². The van der Waals surface area contributed by atoms with Crippen LogP contribution in [0.2, 0.25) is 0 Å². The molecule has 1 radical (unpaired) electrons. The molecule has 57 heavy (non-hydrogen) atoms. The van der Waals surface area contributed by atoms with Crippen LogP contribution in [0.15, 0.2) is 146 Å². The maximum absolute atomic E-state index is 9.06. The van der Waals surface area contributed by atoms with Crippen LogP contribution in [-0.2, 0) is 25.5 Å². The molecule has 10 rings (SSSR count). The molecule has 9 aromatic rings. The Morgan fingerprint density at radius 2 is 1.35 bits per heavy atom. The second-order valence-corrected chi connectivity index (χ2v) is 15.7. The van der Waals surface area contributed by atoms with Gasteiger partial charge in [-0.3, -0.25) is 15.0 Å². The number of thiazole rings is 1. The number of hydrogen-bond donors (Lipinski definition) is 0. The van der Waals surface area contributed by atoms with Gasteiger partial charge in [0.1, 0.15) is 0 Å². The fraction of sp³-hybridized carbons (Fsp3) is 0.0980. The van der Waals surface area contributed by atoms with Crippen LogP contribution in [-0.4, -0.2) is 15.0 Å². The average Bonchev–Trinajstić information content (AvgIpc) is 3.77. The van der Waals surface area contributed by atoms with E-state index in [0.29, 0.717) is 5.56 Å². The molecule has 6 heteroatoms. The summed E-state index contributed by atoms with van der Waals surface area (Å²) in [5.41, 5.74) is 16.4. The Bertz CT molecular complexity index is 2960. The van der Waals surface area contributed by atoms with Gasteiger partial charge in [0.05, 0.1) is 34.2 Å². The van der Waals surface area contributed by atoms with Crippen LogP contribution < -0.4 is 0 Å². The zero-order valence-electron chi connectivity index (χ0n) is 31.9. The quantitative estimate of drug-likeness (QED) is 0.165. The number of hydrogen-bond acceptors (Lipinski definition) is 5. The standard InChI is InChI=1S/C31H25N2.C20H11N2S.Ir/c1-19-10-9-11-20(2)28(19)29-23-13-6-8-15-27(23)32-30(33-29)21-16-17-26-24(18-21)22-12-5-7-14-25(22)31(26,3)4;21-13-14-5-3-6-15(11-14)16-7-4-8-17(12-16)20-22-18-9-1-2-10-19(18)23-20;/h5-15,17-18H,1-4H3;1-7,9-12H;/q2*-1;. The number of fused-ring (bicyclic) bond motifs is 5. The number of para-hydroxylation sites is 2. The predicted molar refractivity (Wildman–Crippen MR) is 230 cm³/mol. The molecule has 0 aliphatic heterocycles. The van der Waals surface area contributed by atoms with Crippen molar-refractivity contribution in [1.82, 2.24) is 15.0 Å². The summed E-state index contributed by atoms with van der Waals surface area (Å²) in [5, 5.41) is 11.1. The molecule has 0 amide bonds. The molecule has 0 unspecified atom stereocenters. The number of nitrogens with zero attached hydrogens (tertiary/aromatic N) is 4. The molecular weight excluding hydrogens is 893 g/mol. The van der Waals surface area contributed by atoms with E-state index in [0.717, 1.165) is 55.2 Å². The molecule has 277 valence electrons. The molecule has 1 aliphatic rings. The van der Waals surface area contributed by atoms with Crippen LogP contribution in [0.25, 0.3) is 76.6 Å². The van der Waals surface area contributed by atoms with E-state index in [2.05, 4.69) is 136 Å². The van der Waals surface area contributed by atoms with E-state index < -0.39 is 0 Å². The number of rotatable bonds is 4. The van der Waals surface area contributed by atoms with Crippen molar-refractivity contribution >= 4 is 32.5 Å². The molecule has 0 saturated carbocycles. The van der Waals surface area contributed by atoms with Crippen LogP contribution in [0.1, 0.15) is 41.7 Å². The van der Waals surface area contributed by atoms with Gasteiger partial charge in [-0.15, -0.1) is 64.7 Å². The molecule has 1 aliphatic carbocycles. The fourth-order valence-corrected chi connectivity index (χ4v) is 8.81. The molecule has 0 fully saturated rings. The Balaban J connectivity index is 0.000000167. The van der Waals surface area contributed by atoms with E-state index in [-0.39, 0.29) is 25.5 Å². The van der Waals surface area contributed by atoms with Crippen molar-refractivity contribution in [1.29, 1.82) is 5.26 Å². The van der Waals surface area contributed by atoms with Crippen LogP contribution in [0, 0.1) is 37.3 Å². The van der Waals surface area contributed by atoms with E-state index >= 15 is 0 Å². The van der Waals surface area contributed by atoms with Gasteiger partial charge in [-0.1, -0.05) is 104 Å². The molecule has 0 atom stereocenters. The maximum Gasteiger partial charge on any atom is 0.0991 e. The minimum atomic E-state index is -0.0331. The zero-order chi connectivity index (χ0) is 38.4. The minimum absolute atomic E-state index is 0. The first-order valence-corrected chi connectivity index (χ1v) is 19.5. The Morgan fingerprint density at radius 1 is 0.632 bits per heavy atom. The van der Waals surface area contributed by atoms with E-state index in [9.17, 15) is 0 Å². The third-order valence-electron chi connectivity index (χ3n) is 10.7. The Hall–Kier alpha value is -6.09. The number of aryl methyl sites for hydroxylation is 2. The van der Waals surface area contributed by atoms with E-state index in [1.54, 1.807) is 11.3 Å². The summed E-state index contributed by atoms with van der Waals surface area (Å²) in [6.07, 6.45) is 0. The molecule has 0 saturated heterocycles. The normalized spacial score (nSPS) is 12.2. The van der Waals surface area contributed by atoms with Gasteiger partial charge in [-0.25, -0.2) is 0 Å². The maximum atomic E-state index is 9.06. The van der Waals surface area contributed by atoms with Gasteiger partial charge < -0.3 is 0 Å². The summed E-state index contributed by atoms with van der Waals surface area (Å²) in [5.74, 6) is 0.719. The molecule has 2 aromatic heterocycles. The first-order valence-electron chi connectivity index (χ1n) is 18.7. The van der Waals surface area contributed by atoms with Crippen molar-refractivity contribution in [2.45, 2.75) is 33.1 Å². The van der Waals surface area contributed by atoms with Gasteiger partial charge in [0, 0.05) is 40.8 Å². The minimum Gasteiger partial charge on any atom is -0.285 e. The Labute approximate surface area is 350 Å². The predicted octanol–water partition coefficient (Wildman–Crippen LogP) is 13.0. The number of benzene rings is 7. The Morgan fingerprint density at radius 3 is 2.16 bits per heavy atom. The summed E-state index contributed by atoms with van der Waals surface area (Å²) in [6, 6.07) is 58.5. The summed E-state index contributed by atoms with van der Waals surface area (Å²) in [6.45, 7) is 8.88. The fourth-order valence-electron chi connectivity index (χ4n) is 7.87. The molecule has 4 nitrogen and oxygen atoms in total.